The molecule has 6 nitrogen and oxygen atoms in total. The van der Waals surface area contributed by atoms with E-state index in [-0.39, 0.29) is 11.1 Å². The second-order valence-electron chi connectivity index (χ2n) is 9.62. The Labute approximate surface area is 202 Å². The number of ketones is 2. The molecular weight excluding hydrogens is 442 g/mol. The van der Waals surface area contributed by atoms with Crippen LogP contribution in [-0.2, 0) is 14.3 Å². The molecule has 2 saturated heterocycles. The maximum absolute atomic E-state index is 14.0. The highest BCUT2D eigenvalue weighted by Crippen LogP contribution is 2.57. The summed E-state index contributed by atoms with van der Waals surface area (Å²) in [6.45, 7) is 5.70. The summed E-state index contributed by atoms with van der Waals surface area (Å²) in [6.07, 6.45) is -0.908. The molecule has 2 fully saturated rings. The van der Waals surface area contributed by atoms with Crippen LogP contribution >= 0.6 is 0 Å². The Morgan fingerprint density at radius 3 is 2.00 bits per heavy atom. The maximum Gasteiger partial charge on any atom is 0.241 e. The van der Waals surface area contributed by atoms with Crippen molar-refractivity contribution in [3.63, 3.8) is 0 Å². The van der Waals surface area contributed by atoms with E-state index in [1.54, 1.807) is 36.4 Å². The number of ether oxygens (including phenoxy) is 1. The van der Waals surface area contributed by atoms with Crippen molar-refractivity contribution in [1.29, 1.82) is 0 Å². The van der Waals surface area contributed by atoms with E-state index in [2.05, 4.69) is 0 Å². The van der Waals surface area contributed by atoms with Gasteiger partial charge in [0, 0.05) is 11.1 Å². The number of rotatable bonds is 2. The first-order valence-electron chi connectivity index (χ1n) is 11.6. The number of hydrogen-bond acceptors (Lipinski definition) is 5. The molecular formula is C29H23NO5. The molecule has 0 saturated carbocycles. The Balaban J connectivity index is 1.56. The first kappa shape index (κ1) is 21.6. The molecule has 6 rings (SSSR count). The van der Waals surface area contributed by atoms with Crippen LogP contribution in [-0.4, -0.2) is 29.0 Å². The largest absolute Gasteiger partial charge is 0.349 e. The molecule has 174 valence electrons. The highest BCUT2D eigenvalue weighted by molar-refractivity contribution is 6.37. The molecule has 3 unspecified atom stereocenters. The molecule has 2 heterocycles. The van der Waals surface area contributed by atoms with Crippen LogP contribution in [0.4, 0.5) is 5.69 Å². The van der Waals surface area contributed by atoms with E-state index in [4.69, 9.17) is 4.74 Å². The number of aryl methyl sites for hydroxylation is 2. The fourth-order valence-corrected chi connectivity index (χ4v) is 5.79. The number of nitrogens with zero attached hydrogens (tertiary/aromatic N) is 1. The molecule has 35 heavy (non-hydrogen) atoms. The van der Waals surface area contributed by atoms with Crippen LogP contribution in [0, 0.1) is 32.6 Å². The van der Waals surface area contributed by atoms with Crippen molar-refractivity contribution in [2.45, 2.75) is 32.5 Å². The van der Waals surface area contributed by atoms with Crippen LogP contribution in [0.25, 0.3) is 0 Å². The highest BCUT2D eigenvalue weighted by atomic mass is 16.5. The normalized spacial score (nSPS) is 24.4. The van der Waals surface area contributed by atoms with E-state index in [9.17, 15) is 19.2 Å². The molecule has 3 aromatic rings. The lowest BCUT2D eigenvalue weighted by Gasteiger charge is -2.28. The summed E-state index contributed by atoms with van der Waals surface area (Å²) in [6, 6.07) is 19.3. The number of Topliss-reactive ketones (excluding diaryl/α,β-unsaturated/α-hetero) is 2. The lowest BCUT2D eigenvalue weighted by Crippen LogP contribution is -2.51. The fourth-order valence-electron chi connectivity index (χ4n) is 5.79. The average molecular weight is 466 g/mol. The van der Waals surface area contributed by atoms with Gasteiger partial charge in [-0.05, 0) is 43.5 Å². The molecule has 0 bridgehead atoms. The lowest BCUT2D eigenvalue weighted by atomic mass is 9.77. The van der Waals surface area contributed by atoms with E-state index in [1.807, 2.05) is 51.1 Å². The second-order valence-corrected chi connectivity index (χ2v) is 9.62. The third-order valence-electron chi connectivity index (χ3n) is 7.74. The van der Waals surface area contributed by atoms with Gasteiger partial charge in [-0.1, -0.05) is 66.2 Å². The Bertz CT molecular complexity index is 1420. The predicted octanol–water partition coefficient (Wildman–Crippen LogP) is 4.31. The van der Waals surface area contributed by atoms with Gasteiger partial charge in [0.15, 0.2) is 0 Å². The van der Waals surface area contributed by atoms with Crippen LogP contribution < -0.4 is 4.90 Å². The van der Waals surface area contributed by atoms with Gasteiger partial charge in [0.2, 0.25) is 29.0 Å². The minimum absolute atomic E-state index is 0.228. The number of amides is 2. The van der Waals surface area contributed by atoms with E-state index in [1.165, 1.54) is 0 Å². The van der Waals surface area contributed by atoms with Gasteiger partial charge < -0.3 is 4.74 Å². The first-order chi connectivity index (χ1) is 16.8. The highest BCUT2D eigenvalue weighted by Gasteiger charge is 2.74. The van der Waals surface area contributed by atoms with E-state index < -0.39 is 46.9 Å². The number of imide groups is 1. The number of anilines is 1. The molecule has 0 radical (unpaired) electrons. The third-order valence-corrected chi connectivity index (χ3v) is 7.74. The van der Waals surface area contributed by atoms with Crippen molar-refractivity contribution < 1.29 is 23.9 Å². The van der Waals surface area contributed by atoms with E-state index in [0.717, 1.165) is 21.6 Å². The Kier molecular flexibility index (Phi) is 4.51. The molecule has 2 amide bonds. The van der Waals surface area contributed by atoms with Gasteiger partial charge in [-0.3, -0.25) is 19.2 Å². The molecule has 1 spiro atoms. The number of fused-ring (bicyclic) bond motifs is 3. The van der Waals surface area contributed by atoms with Gasteiger partial charge in [-0.15, -0.1) is 0 Å². The summed E-state index contributed by atoms with van der Waals surface area (Å²) in [5.41, 5.74) is 2.28. The monoisotopic (exact) mass is 465 g/mol. The van der Waals surface area contributed by atoms with Crippen molar-refractivity contribution in [3.8, 4) is 0 Å². The summed E-state index contributed by atoms with van der Waals surface area (Å²) < 4.78 is 6.32. The van der Waals surface area contributed by atoms with Crippen LogP contribution in [0.2, 0.25) is 0 Å². The first-order valence-corrected chi connectivity index (χ1v) is 11.6. The van der Waals surface area contributed by atoms with Crippen molar-refractivity contribution in [2.75, 3.05) is 4.90 Å². The topological polar surface area (TPSA) is 80.8 Å². The predicted molar refractivity (Wildman–Crippen MR) is 128 cm³/mol. The molecule has 3 aromatic carbocycles. The van der Waals surface area contributed by atoms with Crippen LogP contribution in [0.5, 0.6) is 0 Å². The van der Waals surface area contributed by atoms with Crippen molar-refractivity contribution >= 4 is 29.1 Å². The van der Waals surface area contributed by atoms with Crippen molar-refractivity contribution in [2.24, 2.45) is 11.8 Å². The van der Waals surface area contributed by atoms with E-state index >= 15 is 0 Å². The average Bonchev–Trinajstić information content (AvgIpc) is 3.42. The van der Waals surface area contributed by atoms with Gasteiger partial charge in [0.25, 0.3) is 0 Å². The Morgan fingerprint density at radius 2 is 1.37 bits per heavy atom. The van der Waals surface area contributed by atoms with Crippen LogP contribution in [0.3, 0.4) is 0 Å². The number of carbonyl (C=O) groups excluding carboxylic acids is 4. The zero-order valence-electron chi connectivity index (χ0n) is 19.6. The second kappa shape index (κ2) is 7.30. The van der Waals surface area contributed by atoms with Crippen LogP contribution in [0.15, 0.2) is 66.7 Å². The van der Waals surface area contributed by atoms with Crippen LogP contribution in [0.1, 0.15) is 49.1 Å². The van der Waals surface area contributed by atoms with Crippen molar-refractivity contribution in [3.05, 3.63) is 100 Å². The minimum Gasteiger partial charge on any atom is -0.349 e. The molecule has 6 heteroatoms. The lowest BCUT2D eigenvalue weighted by molar-refractivity contribution is -0.127. The third kappa shape index (κ3) is 2.68. The molecule has 3 aliphatic rings. The smallest absolute Gasteiger partial charge is 0.241 e. The summed E-state index contributed by atoms with van der Waals surface area (Å²) in [5, 5.41) is 0. The summed E-state index contributed by atoms with van der Waals surface area (Å²) in [4.78, 5) is 56.7. The Hall–Kier alpha value is -3.90. The summed E-state index contributed by atoms with van der Waals surface area (Å²) in [7, 11) is 0. The number of carbonyl (C=O) groups is 4. The van der Waals surface area contributed by atoms with Gasteiger partial charge in [-0.2, -0.15) is 0 Å². The summed E-state index contributed by atoms with van der Waals surface area (Å²) >= 11 is 0. The molecule has 2 aliphatic heterocycles. The molecule has 0 N–H and O–H groups in total. The fraction of sp³-hybridized carbons (Fsp3) is 0.241. The van der Waals surface area contributed by atoms with Gasteiger partial charge in [0.05, 0.1) is 23.6 Å². The van der Waals surface area contributed by atoms with E-state index in [0.29, 0.717) is 11.3 Å². The molecule has 0 aromatic heterocycles. The SMILES string of the molecule is Cc1ccc(C2OC3(C(=O)c4ccccc4C3=O)C3C(=O)N(c4cccc(C)c4C)C(=O)C23)cc1. The standard InChI is InChI=1S/C29H23NO5/c1-15-11-13-18(14-12-15)24-22-23(28(34)30(27(22)33)21-10-6-7-16(2)17(21)3)29(35-24)25(31)19-8-4-5-9-20(19)26(29)32/h4-14,22-24H,1-3H3. The summed E-state index contributed by atoms with van der Waals surface area (Å²) in [5.74, 6) is -4.36. The quantitative estimate of drug-likeness (QED) is 0.416. The van der Waals surface area contributed by atoms with Crippen molar-refractivity contribution in [1.82, 2.24) is 0 Å². The minimum atomic E-state index is -2.05. The molecule has 3 atom stereocenters. The Morgan fingerprint density at radius 1 is 0.743 bits per heavy atom. The zero-order valence-corrected chi connectivity index (χ0v) is 19.6. The molecule has 1 aliphatic carbocycles. The number of hydrogen-bond donors (Lipinski definition) is 0. The van der Waals surface area contributed by atoms with Gasteiger partial charge in [-0.25, -0.2) is 4.90 Å². The number of benzene rings is 3. The van der Waals surface area contributed by atoms with Gasteiger partial charge in [0.1, 0.15) is 0 Å². The zero-order chi connectivity index (χ0) is 24.6. The van der Waals surface area contributed by atoms with Gasteiger partial charge >= 0.3 is 0 Å². The maximum atomic E-state index is 14.0.